The van der Waals surface area contributed by atoms with Crippen LogP contribution in [0.5, 0.6) is 11.5 Å². The summed E-state index contributed by atoms with van der Waals surface area (Å²) >= 11 is 0. The van der Waals surface area contributed by atoms with Crippen molar-refractivity contribution in [3.63, 3.8) is 0 Å². The highest BCUT2D eigenvalue weighted by Gasteiger charge is 2.33. The van der Waals surface area contributed by atoms with Crippen LogP contribution in [0.1, 0.15) is 37.3 Å². The van der Waals surface area contributed by atoms with E-state index in [0.29, 0.717) is 43.0 Å². The van der Waals surface area contributed by atoms with Crippen molar-refractivity contribution >= 4 is 5.91 Å². The minimum Gasteiger partial charge on any atom is -0.485 e. The Morgan fingerprint density at radius 2 is 1.79 bits per heavy atom. The van der Waals surface area contributed by atoms with Gasteiger partial charge in [0.25, 0.3) is 11.5 Å². The van der Waals surface area contributed by atoms with Crippen LogP contribution in [0.15, 0.2) is 41.2 Å². The van der Waals surface area contributed by atoms with E-state index >= 15 is 0 Å². The number of fused-ring (bicyclic) bond motifs is 1. The predicted octanol–water partition coefficient (Wildman–Crippen LogP) is 2.20. The second-order valence-electron chi connectivity index (χ2n) is 8.19. The van der Waals surface area contributed by atoms with E-state index in [1.807, 2.05) is 35.2 Å². The quantitative estimate of drug-likeness (QED) is 0.794. The normalized spacial score (nSPS) is 21.8. The van der Waals surface area contributed by atoms with Crippen molar-refractivity contribution in [3.8, 4) is 11.5 Å². The summed E-state index contributed by atoms with van der Waals surface area (Å²) in [7, 11) is 0. The molecule has 1 aliphatic carbocycles. The highest BCUT2D eigenvalue weighted by Crippen LogP contribution is 2.38. The number of carbonyl (C=O) groups is 1. The first-order valence-corrected chi connectivity index (χ1v) is 10.4. The van der Waals surface area contributed by atoms with Crippen molar-refractivity contribution in [1.82, 2.24) is 14.7 Å². The third-order valence-corrected chi connectivity index (χ3v) is 6.02. The molecule has 3 heterocycles. The van der Waals surface area contributed by atoms with E-state index in [-0.39, 0.29) is 18.1 Å². The maximum absolute atomic E-state index is 12.9. The van der Waals surface area contributed by atoms with Crippen LogP contribution in [-0.4, -0.2) is 46.4 Å². The number of carbonyl (C=O) groups excluding carboxylic acids is 1. The second-order valence-corrected chi connectivity index (χ2v) is 8.19. The average Bonchev–Trinajstić information content (AvgIpc) is 3.60. The zero-order chi connectivity index (χ0) is 19.8. The number of rotatable bonds is 4. The number of likely N-dealkylation sites (tertiary alicyclic amines) is 1. The Morgan fingerprint density at radius 3 is 2.55 bits per heavy atom. The molecule has 2 aromatic rings. The fourth-order valence-corrected chi connectivity index (χ4v) is 4.12. The van der Waals surface area contributed by atoms with Gasteiger partial charge in [-0.3, -0.25) is 9.59 Å². The van der Waals surface area contributed by atoms with Gasteiger partial charge in [0, 0.05) is 31.6 Å². The van der Waals surface area contributed by atoms with Crippen LogP contribution in [0, 0.1) is 5.92 Å². The Labute approximate surface area is 169 Å². The third-order valence-electron chi connectivity index (χ3n) is 6.02. The van der Waals surface area contributed by atoms with E-state index < -0.39 is 6.10 Å². The lowest BCUT2D eigenvalue weighted by molar-refractivity contribution is -0.142. The first-order valence-electron chi connectivity index (χ1n) is 10.4. The Hall–Kier alpha value is -2.83. The van der Waals surface area contributed by atoms with Gasteiger partial charge in [0.2, 0.25) is 6.10 Å². The molecule has 29 heavy (non-hydrogen) atoms. The van der Waals surface area contributed by atoms with Crippen molar-refractivity contribution in [2.24, 2.45) is 5.92 Å². The van der Waals surface area contributed by atoms with Crippen molar-refractivity contribution in [2.75, 3.05) is 19.7 Å². The average molecular weight is 395 g/mol. The van der Waals surface area contributed by atoms with Gasteiger partial charge in [-0.1, -0.05) is 12.1 Å². The number of piperidine rings is 1. The number of para-hydroxylation sites is 2. The maximum atomic E-state index is 12.9. The molecule has 1 aromatic heterocycles. The summed E-state index contributed by atoms with van der Waals surface area (Å²) in [6.45, 7) is 2.20. The molecule has 3 aliphatic rings. The van der Waals surface area contributed by atoms with Gasteiger partial charge in [-0.15, -0.1) is 0 Å². The SMILES string of the molecule is O=C(C1COc2ccccc2O1)N1CCC(Cn2nc(C3CC3)ccc2=O)CC1. The van der Waals surface area contributed by atoms with Gasteiger partial charge in [-0.2, -0.15) is 5.10 Å². The molecule has 5 rings (SSSR count). The number of benzene rings is 1. The molecular formula is C22H25N3O4. The van der Waals surface area contributed by atoms with Crippen LogP contribution in [0.2, 0.25) is 0 Å². The summed E-state index contributed by atoms with van der Waals surface area (Å²) in [6.07, 6.45) is 3.46. The second kappa shape index (κ2) is 7.54. The Morgan fingerprint density at radius 1 is 1.03 bits per heavy atom. The van der Waals surface area contributed by atoms with Gasteiger partial charge in [0.15, 0.2) is 11.5 Å². The molecular weight excluding hydrogens is 370 g/mol. The van der Waals surface area contributed by atoms with Crippen molar-refractivity contribution < 1.29 is 14.3 Å². The van der Waals surface area contributed by atoms with Crippen molar-refractivity contribution in [3.05, 3.63) is 52.4 Å². The fraction of sp³-hybridized carbons (Fsp3) is 0.500. The largest absolute Gasteiger partial charge is 0.485 e. The molecule has 1 amide bonds. The molecule has 0 bridgehead atoms. The molecule has 152 valence electrons. The zero-order valence-electron chi connectivity index (χ0n) is 16.3. The van der Waals surface area contributed by atoms with Gasteiger partial charge in [-0.25, -0.2) is 4.68 Å². The molecule has 2 fully saturated rings. The first kappa shape index (κ1) is 18.2. The summed E-state index contributed by atoms with van der Waals surface area (Å²) in [6, 6.07) is 10.9. The standard InChI is InChI=1S/C22H25N3O4/c26-21-8-7-17(16-5-6-16)23-25(21)13-15-9-11-24(12-10-15)22(27)20-14-28-18-3-1-2-4-19(18)29-20/h1-4,7-8,15-16,20H,5-6,9-14H2. The fourth-order valence-electron chi connectivity index (χ4n) is 4.12. The minimum atomic E-state index is -0.596. The molecule has 0 radical (unpaired) electrons. The molecule has 1 saturated carbocycles. The zero-order valence-corrected chi connectivity index (χ0v) is 16.3. The molecule has 0 spiro atoms. The van der Waals surface area contributed by atoms with Crippen LogP contribution in [0.4, 0.5) is 0 Å². The lowest BCUT2D eigenvalue weighted by Gasteiger charge is -2.35. The number of amides is 1. The number of hydrogen-bond donors (Lipinski definition) is 0. The summed E-state index contributed by atoms with van der Waals surface area (Å²) in [5.41, 5.74) is 0.992. The summed E-state index contributed by atoms with van der Waals surface area (Å²) in [5, 5.41) is 4.56. The Kier molecular flexibility index (Phi) is 4.73. The minimum absolute atomic E-state index is 0.0241. The predicted molar refractivity (Wildman–Crippen MR) is 106 cm³/mol. The molecule has 2 aliphatic heterocycles. The topological polar surface area (TPSA) is 73.7 Å². The van der Waals surface area contributed by atoms with E-state index in [1.165, 1.54) is 12.8 Å². The van der Waals surface area contributed by atoms with Gasteiger partial charge in [0.05, 0.1) is 5.69 Å². The summed E-state index contributed by atoms with van der Waals surface area (Å²) in [5.74, 6) is 2.16. The van der Waals surface area contributed by atoms with Gasteiger partial charge < -0.3 is 14.4 Å². The first-order chi connectivity index (χ1) is 14.2. The van der Waals surface area contributed by atoms with Gasteiger partial charge >= 0.3 is 0 Å². The summed E-state index contributed by atoms with van der Waals surface area (Å²) < 4.78 is 13.1. The number of hydrogen-bond acceptors (Lipinski definition) is 5. The van der Waals surface area contributed by atoms with E-state index in [4.69, 9.17) is 9.47 Å². The monoisotopic (exact) mass is 395 g/mol. The Balaban J connectivity index is 1.17. The third kappa shape index (κ3) is 3.86. The Bertz CT molecular complexity index is 961. The van der Waals surface area contributed by atoms with Crippen molar-refractivity contribution in [1.29, 1.82) is 0 Å². The van der Waals surface area contributed by atoms with Gasteiger partial charge in [-0.05, 0) is 49.8 Å². The van der Waals surface area contributed by atoms with Crippen molar-refractivity contribution in [2.45, 2.75) is 44.2 Å². The highest BCUT2D eigenvalue weighted by atomic mass is 16.6. The molecule has 1 atom stereocenters. The van der Waals surface area contributed by atoms with Crippen LogP contribution in [0.25, 0.3) is 0 Å². The molecule has 0 N–H and O–H groups in total. The van der Waals surface area contributed by atoms with E-state index in [2.05, 4.69) is 5.10 Å². The highest BCUT2D eigenvalue weighted by molar-refractivity contribution is 5.82. The van der Waals surface area contributed by atoms with Crippen LogP contribution >= 0.6 is 0 Å². The lowest BCUT2D eigenvalue weighted by Crippen LogP contribution is -2.49. The van der Waals surface area contributed by atoms with E-state index in [9.17, 15) is 9.59 Å². The molecule has 7 heteroatoms. The molecule has 1 aromatic carbocycles. The smallest absolute Gasteiger partial charge is 0.267 e. The van der Waals surface area contributed by atoms with Crippen LogP contribution < -0.4 is 15.0 Å². The molecule has 1 saturated heterocycles. The summed E-state index contributed by atoms with van der Waals surface area (Å²) in [4.78, 5) is 26.9. The number of ether oxygens (including phenoxy) is 2. The van der Waals surface area contributed by atoms with E-state index in [1.54, 1.807) is 10.7 Å². The number of aromatic nitrogens is 2. The van der Waals surface area contributed by atoms with Crippen LogP contribution in [0.3, 0.4) is 0 Å². The number of nitrogens with zero attached hydrogens (tertiary/aromatic N) is 3. The van der Waals surface area contributed by atoms with E-state index in [0.717, 1.165) is 18.5 Å². The van der Waals surface area contributed by atoms with Gasteiger partial charge in [0.1, 0.15) is 6.61 Å². The molecule has 7 nitrogen and oxygen atoms in total. The molecule has 1 unspecified atom stereocenters. The lowest BCUT2D eigenvalue weighted by atomic mass is 9.96. The van der Waals surface area contributed by atoms with Crippen LogP contribution in [-0.2, 0) is 11.3 Å². The maximum Gasteiger partial charge on any atom is 0.267 e.